The van der Waals surface area contributed by atoms with E-state index in [1.807, 2.05) is 0 Å². The van der Waals surface area contributed by atoms with Crippen LogP contribution in [0.5, 0.6) is 0 Å². The molecule has 1 aromatic carbocycles. The van der Waals surface area contributed by atoms with Gasteiger partial charge in [-0.2, -0.15) is 0 Å². The molecule has 2 aliphatic carbocycles. The molecule has 0 aliphatic heterocycles. The standard InChI is InChI=1S/C16H15F2NO3/c1-15(2)9-5-6-16(15,13(21)12(9)20)14(22)19-11-7-8(17)3-4-10(11)18/h3-4,7,9H,5-6H2,1-2H3,(H,19,22). The first-order valence-electron chi connectivity index (χ1n) is 7.07. The number of hydrogen-bond acceptors (Lipinski definition) is 3. The Bertz CT molecular complexity index is 713. The molecule has 1 aromatic rings. The summed E-state index contributed by atoms with van der Waals surface area (Å²) in [6.07, 6.45) is 0.703. The second-order valence-corrected chi connectivity index (χ2v) is 6.49. The van der Waals surface area contributed by atoms with Crippen molar-refractivity contribution in [3.8, 4) is 0 Å². The Balaban J connectivity index is 2.00. The highest BCUT2D eigenvalue weighted by molar-refractivity contribution is 6.48. The van der Waals surface area contributed by atoms with Crippen molar-refractivity contribution in [2.75, 3.05) is 5.32 Å². The van der Waals surface area contributed by atoms with Gasteiger partial charge in [-0.1, -0.05) is 13.8 Å². The van der Waals surface area contributed by atoms with Crippen LogP contribution in [0.1, 0.15) is 26.7 Å². The molecule has 2 unspecified atom stereocenters. The quantitative estimate of drug-likeness (QED) is 0.674. The van der Waals surface area contributed by atoms with Crippen molar-refractivity contribution in [1.82, 2.24) is 0 Å². The number of hydrogen-bond donors (Lipinski definition) is 1. The van der Waals surface area contributed by atoms with E-state index in [1.165, 1.54) is 0 Å². The van der Waals surface area contributed by atoms with E-state index in [1.54, 1.807) is 13.8 Å². The van der Waals surface area contributed by atoms with Gasteiger partial charge in [0.05, 0.1) is 5.69 Å². The number of carbonyl (C=O) groups is 3. The number of carbonyl (C=O) groups excluding carboxylic acids is 3. The molecule has 1 N–H and O–H groups in total. The maximum atomic E-state index is 13.7. The molecule has 0 radical (unpaired) electrons. The number of fused-ring (bicyclic) bond motifs is 2. The molecule has 0 aromatic heterocycles. The number of Topliss-reactive ketones (excluding diaryl/α,β-unsaturated/α-hetero) is 2. The number of halogens is 2. The zero-order chi connectivity index (χ0) is 16.3. The molecule has 0 spiro atoms. The van der Waals surface area contributed by atoms with Gasteiger partial charge in [-0.15, -0.1) is 0 Å². The summed E-state index contributed by atoms with van der Waals surface area (Å²) in [5, 5.41) is 2.29. The molecule has 2 aliphatic rings. The first kappa shape index (κ1) is 14.8. The minimum Gasteiger partial charge on any atom is -0.323 e. The van der Waals surface area contributed by atoms with Crippen LogP contribution >= 0.6 is 0 Å². The van der Waals surface area contributed by atoms with Gasteiger partial charge in [0.2, 0.25) is 17.5 Å². The average Bonchev–Trinajstić information content (AvgIpc) is 2.79. The molecule has 0 saturated heterocycles. The van der Waals surface area contributed by atoms with E-state index in [-0.39, 0.29) is 12.1 Å². The minimum atomic E-state index is -1.49. The highest BCUT2D eigenvalue weighted by Crippen LogP contribution is 2.62. The monoisotopic (exact) mass is 307 g/mol. The highest BCUT2D eigenvalue weighted by atomic mass is 19.1. The number of ketones is 2. The second kappa shape index (κ2) is 4.44. The van der Waals surface area contributed by atoms with Gasteiger partial charge in [-0.3, -0.25) is 14.4 Å². The van der Waals surface area contributed by atoms with Crippen molar-refractivity contribution in [2.24, 2.45) is 16.7 Å². The van der Waals surface area contributed by atoms with E-state index in [4.69, 9.17) is 0 Å². The Morgan fingerprint density at radius 3 is 2.55 bits per heavy atom. The lowest BCUT2D eigenvalue weighted by Gasteiger charge is -2.33. The van der Waals surface area contributed by atoms with Crippen molar-refractivity contribution in [3.63, 3.8) is 0 Å². The van der Waals surface area contributed by atoms with Gasteiger partial charge in [0.25, 0.3) is 0 Å². The summed E-state index contributed by atoms with van der Waals surface area (Å²) in [7, 11) is 0. The Hall–Kier alpha value is -2.11. The summed E-state index contributed by atoms with van der Waals surface area (Å²) in [5.74, 6) is -3.97. The maximum absolute atomic E-state index is 13.7. The molecule has 1 amide bonds. The van der Waals surface area contributed by atoms with Crippen molar-refractivity contribution in [2.45, 2.75) is 26.7 Å². The van der Waals surface area contributed by atoms with Crippen LogP contribution in [-0.4, -0.2) is 17.5 Å². The number of benzene rings is 1. The molecular weight excluding hydrogens is 292 g/mol. The van der Waals surface area contributed by atoms with Crippen LogP contribution < -0.4 is 5.32 Å². The van der Waals surface area contributed by atoms with Crippen LogP contribution in [0.3, 0.4) is 0 Å². The molecule has 2 fully saturated rings. The molecule has 4 nitrogen and oxygen atoms in total. The summed E-state index contributed by atoms with van der Waals surface area (Å²) in [5.41, 5.74) is -2.64. The topological polar surface area (TPSA) is 63.2 Å². The van der Waals surface area contributed by atoms with E-state index in [0.717, 1.165) is 18.2 Å². The third-order valence-electron chi connectivity index (χ3n) is 5.27. The summed E-state index contributed by atoms with van der Waals surface area (Å²) >= 11 is 0. The van der Waals surface area contributed by atoms with Gasteiger partial charge >= 0.3 is 0 Å². The first-order valence-corrected chi connectivity index (χ1v) is 7.07. The molecule has 6 heteroatoms. The lowest BCUT2D eigenvalue weighted by atomic mass is 9.68. The van der Waals surface area contributed by atoms with Crippen LogP contribution in [0.25, 0.3) is 0 Å². The number of rotatable bonds is 2. The van der Waals surface area contributed by atoms with Crippen molar-refractivity contribution in [1.29, 1.82) is 0 Å². The van der Waals surface area contributed by atoms with E-state index in [9.17, 15) is 23.2 Å². The van der Waals surface area contributed by atoms with Gasteiger partial charge < -0.3 is 5.32 Å². The molecule has 2 bridgehead atoms. The van der Waals surface area contributed by atoms with Gasteiger partial charge in [0.1, 0.15) is 17.0 Å². The fourth-order valence-corrected chi connectivity index (χ4v) is 3.91. The fraction of sp³-hybridized carbons (Fsp3) is 0.438. The molecular formula is C16H15F2NO3. The van der Waals surface area contributed by atoms with E-state index in [2.05, 4.69) is 5.32 Å². The third-order valence-corrected chi connectivity index (χ3v) is 5.27. The highest BCUT2D eigenvalue weighted by Gasteiger charge is 2.72. The van der Waals surface area contributed by atoms with E-state index in [0.29, 0.717) is 6.42 Å². The summed E-state index contributed by atoms with van der Waals surface area (Å²) in [4.78, 5) is 37.0. The maximum Gasteiger partial charge on any atom is 0.239 e. The molecule has 22 heavy (non-hydrogen) atoms. The van der Waals surface area contributed by atoms with Gasteiger partial charge in [0, 0.05) is 12.0 Å². The Morgan fingerprint density at radius 2 is 1.95 bits per heavy atom. The third kappa shape index (κ3) is 1.63. The predicted molar refractivity (Wildman–Crippen MR) is 73.9 cm³/mol. The van der Waals surface area contributed by atoms with Crippen LogP contribution in [0.4, 0.5) is 14.5 Å². The smallest absolute Gasteiger partial charge is 0.239 e. The van der Waals surface area contributed by atoms with Gasteiger partial charge in [-0.25, -0.2) is 8.78 Å². The zero-order valence-corrected chi connectivity index (χ0v) is 12.2. The lowest BCUT2D eigenvalue weighted by Crippen LogP contribution is -2.47. The molecule has 116 valence electrons. The molecule has 2 saturated carbocycles. The SMILES string of the molecule is CC1(C)C2CCC1(C(=O)Nc1cc(F)ccc1F)C(=O)C2=O. The molecule has 3 rings (SSSR count). The van der Waals surface area contributed by atoms with Crippen LogP contribution in [-0.2, 0) is 14.4 Å². The largest absolute Gasteiger partial charge is 0.323 e. The van der Waals surface area contributed by atoms with Gasteiger partial charge in [0.15, 0.2) is 0 Å². The summed E-state index contributed by atoms with van der Waals surface area (Å²) in [6.45, 7) is 3.41. The zero-order valence-electron chi connectivity index (χ0n) is 12.2. The lowest BCUT2D eigenvalue weighted by molar-refractivity contribution is -0.147. The molecule has 2 atom stereocenters. The number of nitrogens with one attached hydrogen (secondary N) is 1. The summed E-state index contributed by atoms with van der Waals surface area (Å²) < 4.78 is 26.9. The summed E-state index contributed by atoms with van der Waals surface area (Å²) in [6, 6.07) is 2.68. The Labute approximate surface area is 125 Å². The Morgan fingerprint density at radius 1 is 1.27 bits per heavy atom. The fourth-order valence-electron chi connectivity index (χ4n) is 3.91. The normalized spacial score (nSPS) is 29.0. The van der Waals surface area contributed by atoms with E-state index >= 15 is 0 Å². The number of anilines is 1. The van der Waals surface area contributed by atoms with Crippen LogP contribution in [0.2, 0.25) is 0 Å². The van der Waals surface area contributed by atoms with E-state index < -0.39 is 45.9 Å². The van der Waals surface area contributed by atoms with Crippen molar-refractivity contribution < 1.29 is 23.2 Å². The Kier molecular flexibility index (Phi) is 2.99. The van der Waals surface area contributed by atoms with Crippen LogP contribution in [0, 0.1) is 28.4 Å². The predicted octanol–water partition coefficient (Wildman–Crippen LogP) is 2.48. The van der Waals surface area contributed by atoms with Crippen molar-refractivity contribution in [3.05, 3.63) is 29.8 Å². The second-order valence-electron chi connectivity index (χ2n) is 6.49. The van der Waals surface area contributed by atoms with Crippen molar-refractivity contribution >= 4 is 23.2 Å². The van der Waals surface area contributed by atoms with Gasteiger partial charge in [-0.05, 0) is 30.4 Å². The average molecular weight is 307 g/mol. The molecule has 0 heterocycles. The van der Waals surface area contributed by atoms with Crippen LogP contribution in [0.15, 0.2) is 18.2 Å². The minimum absolute atomic E-state index is 0.248. The number of amides is 1. The first-order chi connectivity index (χ1) is 10.2.